The van der Waals surface area contributed by atoms with Crippen LogP contribution in [0.3, 0.4) is 0 Å². The quantitative estimate of drug-likeness (QED) is 0.0915. The number of thiazole rings is 5. The molecule has 0 amide bonds. The number of hydrogen-bond donors (Lipinski definition) is 0. The minimum absolute atomic E-state index is 0.275. The van der Waals surface area contributed by atoms with E-state index >= 15 is 0 Å². The lowest BCUT2D eigenvalue weighted by atomic mass is 9.60. The Hall–Kier alpha value is -8.70. The van der Waals surface area contributed by atoms with E-state index in [9.17, 15) is 24.0 Å². The van der Waals surface area contributed by atoms with E-state index in [2.05, 4.69) is 249 Å². The average Bonchev–Trinajstić information content (AvgIpc) is 1.63. The van der Waals surface area contributed by atoms with E-state index in [0.717, 1.165) is 156 Å². The second-order valence-corrected chi connectivity index (χ2v) is 41.6. The van der Waals surface area contributed by atoms with Crippen molar-refractivity contribution in [3.05, 3.63) is 316 Å². The first-order valence-corrected chi connectivity index (χ1v) is 50.3. The molecule has 10 aromatic rings. The van der Waals surface area contributed by atoms with Crippen molar-refractivity contribution in [1.29, 1.82) is 0 Å². The molecule has 10 aliphatic rings. The summed E-state index contributed by atoms with van der Waals surface area (Å²) in [5.74, 6) is 5.51. The fourth-order valence-electron chi connectivity index (χ4n) is 24.0. The van der Waals surface area contributed by atoms with Gasteiger partial charge in [0, 0.05) is 116 Å². The number of allylic oxidation sites excluding steroid dienone is 10. The number of carbonyl (C=O) groups is 5. The topological polar surface area (TPSA) is 150 Å². The number of Topliss-reactive ketones (excluding diaryl/α,β-unsaturated/α-hetero) is 5. The molecule has 638 valence electrons. The standard InChI is InChI=1S/C23H27NOS.3C22H25NOS.C19H19NOS/c1-4-23(18-8-6-5-7-9-18)21-17(13-19-22(23)26-14-24-19)11-16(10-15(2)3)12-20(21)25;2*1-4-22(17-8-6-5-7-9-17)20-16(11-18-21(22)25-13-23-18)10-15(14(2)3)12-19(20)24;1-3-8-15-11-16-13-18-21(25-14-23-18)22(4-2,20(16)19(24)12-15)17-9-6-5-7-10-17;1-2-19(14-8-4-3-5-9-14)17-13(7-6-10-16(17)21)11-15-18(19)22-12-20-15/h5-9,14-16H,4,10-13H2,1-3H3;2*5-9,13-15H,4,10-12H2,1-3H3;5-7,9-10,14-15H,3-4,8,11-13H2,1-2H3;3-5,8-9,12H,2,6-7,10-11H2,1H3/t16?,23-;15-,22+;15-,22-;15?,22-;19-/m01000/s1. The first-order valence-electron chi connectivity index (χ1n) is 45.9. The molecule has 9 atom stereocenters. The fourth-order valence-corrected chi connectivity index (χ4v) is 29.6. The Morgan fingerprint density at radius 3 is 0.846 bits per heavy atom. The number of fused-ring (bicyclic) bond motifs is 5. The van der Waals surface area contributed by atoms with Crippen molar-refractivity contribution in [2.75, 3.05) is 0 Å². The van der Waals surface area contributed by atoms with Gasteiger partial charge in [-0.05, 0) is 153 Å². The van der Waals surface area contributed by atoms with E-state index < -0.39 is 0 Å². The summed E-state index contributed by atoms with van der Waals surface area (Å²) in [5, 5.41) is 0. The van der Waals surface area contributed by atoms with Crippen molar-refractivity contribution in [2.24, 2.45) is 41.4 Å². The summed E-state index contributed by atoms with van der Waals surface area (Å²) >= 11 is 8.60. The van der Waals surface area contributed by atoms with Gasteiger partial charge in [0.05, 0.1) is 83.1 Å². The fraction of sp³-hybridized carbons (Fsp3) is 0.444. The molecule has 5 aromatic heterocycles. The summed E-state index contributed by atoms with van der Waals surface area (Å²) in [6, 6.07) is 53.0. The molecule has 5 heterocycles. The Bertz CT molecular complexity index is 5570. The zero-order chi connectivity index (χ0) is 86.1. The molecule has 0 spiro atoms. The maximum Gasteiger partial charge on any atom is 0.160 e. The highest BCUT2D eigenvalue weighted by Gasteiger charge is 2.55. The Balaban J connectivity index is 0.000000114. The van der Waals surface area contributed by atoms with Gasteiger partial charge in [-0.25, -0.2) is 24.9 Å². The van der Waals surface area contributed by atoms with Crippen molar-refractivity contribution in [3.63, 3.8) is 0 Å². The van der Waals surface area contributed by atoms with Crippen LogP contribution in [0.15, 0.2) is 235 Å². The largest absolute Gasteiger partial charge is 0.295 e. The predicted octanol–water partition coefficient (Wildman–Crippen LogP) is 26.3. The first kappa shape index (κ1) is 87.8. The highest BCUT2D eigenvalue weighted by molar-refractivity contribution is 7.11. The molecule has 0 saturated heterocycles. The molecule has 20 rings (SSSR count). The number of benzene rings is 5. The number of rotatable bonds is 16. The van der Waals surface area contributed by atoms with Gasteiger partial charge in [0.1, 0.15) is 0 Å². The van der Waals surface area contributed by atoms with Crippen LogP contribution in [0.25, 0.3) is 0 Å². The van der Waals surface area contributed by atoms with Gasteiger partial charge >= 0.3 is 0 Å². The highest BCUT2D eigenvalue weighted by Crippen LogP contribution is 2.60. The van der Waals surface area contributed by atoms with Gasteiger partial charge in [0.2, 0.25) is 0 Å². The van der Waals surface area contributed by atoms with Crippen LogP contribution >= 0.6 is 56.7 Å². The first-order chi connectivity index (χ1) is 59.7. The summed E-state index contributed by atoms with van der Waals surface area (Å²) in [6.45, 7) is 26.8. The molecule has 5 aromatic carbocycles. The van der Waals surface area contributed by atoms with Crippen LogP contribution in [0, 0.1) is 41.4 Å². The minimum atomic E-state index is -0.301. The van der Waals surface area contributed by atoms with E-state index in [1.54, 1.807) is 56.7 Å². The molecule has 10 nitrogen and oxygen atoms in total. The zero-order valence-corrected chi connectivity index (χ0v) is 78.2. The van der Waals surface area contributed by atoms with Gasteiger partial charge in [-0.3, -0.25) is 24.0 Å². The molecule has 2 unspecified atom stereocenters. The van der Waals surface area contributed by atoms with Gasteiger partial charge in [-0.1, -0.05) is 269 Å². The van der Waals surface area contributed by atoms with Crippen LogP contribution in [0.5, 0.6) is 0 Å². The van der Waals surface area contributed by atoms with Crippen molar-refractivity contribution in [2.45, 2.75) is 264 Å². The summed E-state index contributed by atoms with van der Waals surface area (Å²) in [5.41, 5.74) is 32.7. The summed E-state index contributed by atoms with van der Waals surface area (Å²) in [6.07, 6.45) is 22.1. The second-order valence-electron chi connectivity index (χ2n) is 37.3. The molecule has 0 aliphatic heterocycles. The third-order valence-electron chi connectivity index (χ3n) is 29.5. The Kier molecular flexibility index (Phi) is 26.5. The molecule has 15 heteroatoms. The molecular formula is C108H121N5O5S5. The summed E-state index contributed by atoms with van der Waals surface area (Å²) in [7, 11) is 0. The van der Waals surface area contributed by atoms with Crippen LogP contribution in [-0.2, 0) is 83.2 Å². The third kappa shape index (κ3) is 15.7. The number of hydrogen-bond acceptors (Lipinski definition) is 15. The summed E-state index contributed by atoms with van der Waals surface area (Å²) in [4.78, 5) is 96.1. The van der Waals surface area contributed by atoms with Gasteiger partial charge in [0.15, 0.2) is 28.9 Å². The molecule has 0 radical (unpaired) electrons. The minimum Gasteiger partial charge on any atom is -0.295 e. The molecule has 0 fully saturated rings. The van der Waals surface area contributed by atoms with Crippen LogP contribution in [-0.4, -0.2) is 53.8 Å². The lowest BCUT2D eigenvalue weighted by Crippen LogP contribution is -2.41. The molecular weight excluding hydrogens is 1610 g/mol. The molecule has 0 N–H and O–H groups in total. The van der Waals surface area contributed by atoms with E-state index in [0.29, 0.717) is 96.0 Å². The van der Waals surface area contributed by atoms with Gasteiger partial charge in [-0.2, -0.15) is 0 Å². The normalized spacial score (nSPS) is 25.4. The SMILES string of the molecule is CCCC1CC(=O)C2=C(Cc3ncsc3[C@@]2(CC)c2ccccc2)C1.CC[C@]1(c2ccccc2)C2=C(CCCC2=O)Cc2ncsc21.CC[C@]1(c2ccccc2)C2=C(Cc3ncsc31)CC(CC(C)C)CC2=O.CC[C@]1(c2ccccc2)C2=C(Cc3ncsc31)C[C@@H](C(C)C)CC2=O.CC[C@]1(c2ccccc2)C2=C(Cc3ncsc31)C[C@H](C(C)C)CC2=O. The van der Waals surface area contributed by atoms with E-state index in [1.165, 1.54) is 109 Å². The lowest BCUT2D eigenvalue weighted by molar-refractivity contribution is -0.118. The molecule has 123 heavy (non-hydrogen) atoms. The van der Waals surface area contributed by atoms with Crippen LogP contribution in [0.4, 0.5) is 0 Å². The van der Waals surface area contributed by atoms with Crippen molar-refractivity contribution in [1.82, 2.24) is 24.9 Å². The predicted molar refractivity (Wildman–Crippen MR) is 506 cm³/mol. The maximum absolute atomic E-state index is 13.4. The van der Waals surface area contributed by atoms with Crippen LogP contribution < -0.4 is 0 Å². The second kappa shape index (κ2) is 37.1. The number of carbonyl (C=O) groups excluding carboxylic acids is 5. The number of aromatic nitrogens is 5. The highest BCUT2D eigenvalue weighted by atomic mass is 32.1. The summed E-state index contributed by atoms with van der Waals surface area (Å²) < 4.78 is 0. The van der Waals surface area contributed by atoms with Crippen LogP contribution in [0.2, 0.25) is 0 Å². The number of nitrogens with zero attached hydrogens (tertiary/aromatic N) is 5. The van der Waals surface area contributed by atoms with Gasteiger partial charge < -0.3 is 0 Å². The van der Waals surface area contributed by atoms with Crippen molar-refractivity contribution in [3.8, 4) is 0 Å². The molecule has 0 bridgehead atoms. The molecule has 0 saturated carbocycles. The van der Waals surface area contributed by atoms with Gasteiger partial charge in [0.25, 0.3) is 0 Å². The number of ketones is 5. The van der Waals surface area contributed by atoms with Crippen molar-refractivity contribution >= 4 is 85.6 Å². The van der Waals surface area contributed by atoms with Crippen LogP contribution in [0.1, 0.15) is 286 Å². The lowest BCUT2D eigenvalue weighted by Gasteiger charge is -2.43. The smallest absolute Gasteiger partial charge is 0.160 e. The van der Waals surface area contributed by atoms with Crippen molar-refractivity contribution < 1.29 is 24.0 Å². The van der Waals surface area contributed by atoms with Gasteiger partial charge in [-0.15, -0.1) is 56.7 Å². The average molecular weight is 1730 g/mol. The monoisotopic (exact) mass is 1730 g/mol. The zero-order valence-electron chi connectivity index (χ0n) is 74.2. The Morgan fingerprint density at radius 2 is 0.569 bits per heavy atom. The third-order valence-corrected chi connectivity index (χ3v) is 34.7. The van der Waals surface area contributed by atoms with E-state index in [1.807, 2.05) is 33.6 Å². The molecule has 10 aliphatic carbocycles. The Morgan fingerprint density at radius 1 is 0.309 bits per heavy atom. The van der Waals surface area contributed by atoms with E-state index in [-0.39, 0.29) is 27.1 Å². The maximum atomic E-state index is 13.4. The Labute approximate surface area is 750 Å². The van der Waals surface area contributed by atoms with E-state index in [4.69, 9.17) is 4.98 Å².